The predicted molar refractivity (Wildman–Crippen MR) is 168 cm³/mol. The quantitative estimate of drug-likeness (QED) is 0.216. The molecule has 0 bridgehead atoms. The van der Waals surface area contributed by atoms with Crippen LogP contribution >= 0.6 is 0 Å². The predicted octanol–water partition coefficient (Wildman–Crippen LogP) is 3.34. The lowest BCUT2D eigenvalue weighted by atomic mass is 9.96. The molecule has 0 atom stereocenters. The number of piperazine rings is 1. The zero-order valence-electron chi connectivity index (χ0n) is 24.9. The smallest absolute Gasteiger partial charge is 0.414 e. The van der Waals surface area contributed by atoms with Crippen molar-refractivity contribution in [2.45, 2.75) is 12.5 Å². The van der Waals surface area contributed by atoms with Gasteiger partial charge in [0.05, 0.1) is 19.0 Å². The monoisotopic (exact) mass is 611 g/mol. The number of imidazole rings is 1. The molecule has 0 aliphatic carbocycles. The molecular weight excluding hydrogens is 574 g/mol. The molecule has 1 aromatic heterocycles. The van der Waals surface area contributed by atoms with Gasteiger partial charge in [-0.15, -0.1) is 0 Å². The van der Waals surface area contributed by atoms with Crippen molar-refractivity contribution in [3.8, 4) is 5.69 Å². The van der Waals surface area contributed by atoms with Crippen molar-refractivity contribution >= 4 is 23.5 Å². The van der Waals surface area contributed by atoms with Gasteiger partial charge in [0.25, 0.3) is 5.91 Å². The van der Waals surface area contributed by atoms with Crippen LogP contribution < -0.4 is 4.90 Å². The molecule has 1 fully saturated rings. The molecule has 6 rings (SSSR count). The second-order valence-electron chi connectivity index (χ2n) is 10.8. The highest BCUT2D eigenvalue weighted by molar-refractivity contribution is 6.27. The van der Waals surface area contributed by atoms with E-state index in [0.717, 1.165) is 50.5 Å². The molecule has 4 aromatic rings. The lowest BCUT2D eigenvalue weighted by Gasteiger charge is -2.39. The number of ether oxygens (including phenoxy) is 1. The number of carbonyl (C=O) groups is 3. The van der Waals surface area contributed by atoms with Gasteiger partial charge in [0.2, 0.25) is 0 Å². The SMILES string of the molecule is O=C(COCCN1CCN(C(c2ccccc2)c2ccccc2)CC1)N1CCc2cc(-n3ccnc3)ccc21.O=C(O)C(=O)O. The highest BCUT2D eigenvalue weighted by Gasteiger charge is 2.27. The Balaban J connectivity index is 0.000000609. The summed E-state index contributed by atoms with van der Waals surface area (Å²) in [5.74, 6) is -3.62. The Hall–Kier alpha value is -4.84. The van der Waals surface area contributed by atoms with Gasteiger partial charge in [-0.05, 0) is 41.3 Å². The van der Waals surface area contributed by atoms with Gasteiger partial charge in [0.1, 0.15) is 6.61 Å². The maximum atomic E-state index is 12.9. The largest absolute Gasteiger partial charge is 0.473 e. The van der Waals surface area contributed by atoms with Crippen LogP contribution in [-0.4, -0.2) is 99.9 Å². The van der Waals surface area contributed by atoms with Crippen molar-refractivity contribution in [2.24, 2.45) is 0 Å². The molecule has 0 radical (unpaired) electrons. The van der Waals surface area contributed by atoms with Gasteiger partial charge < -0.3 is 24.4 Å². The molecular formula is C34H37N5O6. The summed E-state index contributed by atoms with van der Waals surface area (Å²) in [4.78, 5) is 42.1. The summed E-state index contributed by atoms with van der Waals surface area (Å²) in [6.07, 6.45) is 6.35. The van der Waals surface area contributed by atoms with E-state index in [1.807, 2.05) is 27.8 Å². The third-order valence-electron chi connectivity index (χ3n) is 8.03. The normalized spacial score (nSPS) is 14.9. The van der Waals surface area contributed by atoms with Crippen LogP contribution in [-0.2, 0) is 25.5 Å². The van der Waals surface area contributed by atoms with Crippen LogP contribution in [0.2, 0.25) is 0 Å². The molecule has 0 unspecified atom stereocenters. The van der Waals surface area contributed by atoms with Crippen LogP contribution in [0.5, 0.6) is 0 Å². The van der Waals surface area contributed by atoms with E-state index in [4.69, 9.17) is 24.5 Å². The van der Waals surface area contributed by atoms with E-state index in [1.165, 1.54) is 16.7 Å². The third kappa shape index (κ3) is 8.21. The molecule has 1 saturated heterocycles. The Morgan fingerprint density at radius 2 is 1.47 bits per heavy atom. The van der Waals surface area contributed by atoms with Crippen molar-refractivity contribution in [2.75, 3.05) is 57.4 Å². The second-order valence-corrected chi connectivity index (χ2v) is 10.8. The standard InChI is InChI=1S/C32H35N5O2.C2H2O4/c38-31(37-15-13-28-23-29(11-12-30(28)37)36-16-14-33-25-36)24-39-22-21-34-17-19-35(20-18-34)32(26-7-3-1-4-8-26)27-9-5-2-6-10-27;3-1(4)2(5)6/h1-12,14,16,23,25,32H,13,15,17-22,24H2;(H,3,4)(H,5,6). The van der Waals surface area contributed by atoms with Crippen LogP contribution in [0.15, 0.2) is 97.6 Å². The minimum absolute atomic E-state index is 0.0301. The molecule has 11 nitrogen and oxygen atoms in total. The summed E-state index contributed by atoms with van der Waals surface area (Å²) in [6, 6.07) is 28.1. The van der Waals surface area contributed by atoms with Gasteiger partial charge in [-0.1, -0.05) is 60.7 Å². The average Bonchev–Trinajstić information content (AvgIpc) is 3.76. The molecule has 0 spiro atoms. The van der Waals surface area contributed by atoms with Gasteiger partial charge >= 0.3 is 11.9 Å². The van der Waals surface area contributed by atoms with Crippen LogP contribution in [0.3, 0.4) is 0 Å². The first-order valence-electron chi connectivity index (χ1n) is 14.9. The van der Waals surface area contributed by atoms with Crippen LogP contribution in [0, 0.1) is 0 Å². The van der Waals surface area contributed by atoms with Gasteiger partial charge in [-0.25, -0.2) is 14.6 Å². The van der Waals surface area contributed by atoms with Gasteiger partial charge in [0, 0.05) is 63.0 Å². The number of carboxylic acid groups (broad SMARTS) is 2. The summed E-state index contributed by atoms with van der Waals surface area (Å²) >= 11 is 0. The highest BCUT2D eigenvalue weighted by Crippen LogP contribution is 2.31. The Morgan fingerprint density at radius 1 is 0.822 bits per heavy atom. The lowest BCUT2D eigenvalue weighted by molar-refractivity contribution is -0.159. The van der Waals surface area contributed by atoms with Crippen molar-refractivity contribution in [1.82, 2.24) is 19.4 Å². The molecule has 3 aromatic carbocycles. The molecule has 234 valence electrons. The Bertz CT molecular complexity index is 1510. The first-order chi connectivity index (χ1) is 21.9. The fraction of sp³-hybridized carbons (Fsp3) is 0.294. The number of nitrogens with zero attached hydrogens (tertiary/aromatic N) is 5. The minimum atomic E-state index is -1.82. The van der Waals surface area contributed by atoms with E-state index >= 15 is 0 Å². The minimum Gasteiger partial charge on any atom is -0.473 e. The zero-order chi connectivity index (χ0) is 31.6. The second kappa shape index (κ2) is 15.2. The molecule has 11 heteroatoms. The number of hydrogen-bond acceptors (Lipinski definition) is 7. The summed E-state index contributed by atoms with van der Waals surface area (Å²) in [7, 11) is 0. The first-order valence-corrected chi connectivity index (χ1v) is 14.9. The van der Waals surface area contributed by atoms with Crippen molar-refractivity contribution in [1.29, 1.82) is 0 Å². The molecule has 0 saturated carbocycles. The van der Waals surface area contributed by atoms with E-state index in [0.29, 0.717) is 13.2 Å². The van der Waals surface area contributed by atoms with Crippen LogP contribution in [0.4, 0.5) is 5.69 Å². The molecule has 2 aliphatic heterocycles. The van der Waals surface area contributed by atoms with Crippen molar-refractivity contribution in [3.63, 3.8) is 0 Å². The van der Waals surface area contributed by atoms with E-state index in [1.54, 1.807) is 12.5 Å². The Kier molecular flexibility index (Phi) is 10.7. The Morgan fingerprint density at radius 3 is 2.04 bits per heavy atom. The van der Waals surface area contributed by atoms with Crippen LogP contribution in [0.1, 0.15) is 22.7 Å². The van der Waals surface area contributed by atoms with E-state index in [9.17, 15) is 4.79 Å². The number of fused-ring (bicyclic) bond motifs is 1. The third-order valence-corrected chi connectivity index (χ3v) is 8.03. The molecule has 1 amide bonds. The number of benzene rings is 3. The fourth-order valence-corrected chi connectivity index (χ4v) is 5.78. The number of aliphatic carboxylic acids is 2. The van der Waals surface area contributed by atoms with Gasteiger partial charge in [0.15, 0.2) is 0 Å². The van der Waals surface area contributed by atoms with Crippen molar-refractivity contribution < 1.29 is 29.3 Å². The summed E-state index contributed by atoms with van der Waals surface area (Å²) in [5.41, 5.74) is 5.92. The first kappa shape index (κ1) is 31.6. The number of anilines is 1. The highest BCUT2D eigenvalue weighted by atomic mass is 16.5. The lowest BCUT2D eigenvalue weighted by Crippen LogP contribution is -2.48. The molecule has 2 aliphatic rings. The van der Waals surface area contributed by atoms with E-state index in [2.05, 4.69) is 81.5 Å². The van der Waals surface area contributed by atoms with E-state index in [-0.39, 0.29) is 18.6 Å². The summed E-state index contributed by atoms with van der Waals surface area (Å²) in [6.45, 7) is 6.21. The maximum absolute atomic E-state index is 12.9. The summed E-state index contributed by atoms with van der Waals surface area (Å²) < 4.78 is 7.85. The number of aromatic nitrogens is 2. The Labute approximate surface area is 261 Å². The molecule has 2 N–H and O–H groups in total. The maximum Gasteiger partial charge on any atom is 0.414 e. The zero-order valence-corrected chi connectivity index (χ0v) is 24.9. The van der Waals surface area contributed by atoms with Crippen molar-refractivity contribution in [3.05, 3.63) is 114 Å². The van der Waals surface area contributed by atoms with Crippen LogP contribution in [0.25, 0.3) is 5.69 Å². The summed E-state index contributed by atoms with van der Waals surface area (Å²) in [5, 5.41) is 14.8. The molecule has 45 heavy (non-hydrogen) atoms. The average molecular weight is 612 g/mol. The topological polar surface area (TPSA) is 128 Å². The number of carboxylic acids is 2. The van der Waals surface area contributed by atoms with Gasteiger partial charge in [-0.2, -0.15) is 0 Å². The van der Waals surface area contributed by atoms with E-state index < -0.39 is 11.9 Å². The number of amides is 1. The number of rotatable bonds is 9. The number of carbonyl (C=O) groups excluding carboxylic acids is 1. The molecule has 3 heterocycles. The fourth-order valence-electron chi connectivity index (χ4n) is 5.78. The van der Waals surface area contributed by atoms with Gasteiger partial charge in [-0.3, -0.25) is 14.6 Å². The number of hydrogen-bond donors (Lipinski definition) is 2.